The maximum absolute atomic E-state index is 9.76. The highest BCUT2D eigenvalue weighted by atomic mass is 16.5. The molecule has 1 aliphatic rings. The van der Waals surface area contributed by atoms with Gasteiger partial charge in [-0.3, -0.25) is 0 Å². The fraction of sp³-hybridized carbons (Fsp3) is 0.294. The van der Waals surface area contributed by atoms with Gasteiger partial charge in [-0.05, 0) is 35.4 Å². The lowest BCUT2D eigenvalue weighted by atomic mass is 9.85. The molecule has 0 unspecified atom stereocenters. The zero-order chi connectivity index (χ0) is 15.7. The summed E-state index contributed by atoms with van der Waals surface area (Å²) in [6.07, 6.45) is 0. The van der Waals surface area contributed by atoms with Gasteiger partial charge in [0.15, 0.2) is 23.0 Å². The van der Waals surface area contributed by atoms with Gasteiger partial charge in [0.25, 0.3) is 0 Å². The normalized spacial score (nSPS) is 16.9. The number of ether oxygens (including phenoxy) is 2. The van der Waals surface area contributed by atoms with E-state index < -0.39 is 0 Å². The van der Waals surface area contributed by atoms with Gasteiger partial charge in [0.2, 0.25) is 0 Å². The Morgan fingerprint density at radius 2 is 1.73 bits per heavy atom. The van der Waals surface area contributed by atoms with Gasteiger partial charge in [-0.2, -0.15) is 0 Å². The second-order valence-electron chi connectivity index (χ2n) is 5.44. The summed E-state index contributed by atoms with van der Waals surface area (Å²) in [5.41, 5.74) is 3.34. The molecule has 5 nitrogen and oxygen atoms in total. The van der Waals surface area contributed by atoms with Crippen molar-refractivity contribution in [2.24, 2.45) is 0 Å². The van der Waals surface area contributed by atoms with E-state index in [2.05, 4.69) is 5.32 Å². The van der Waals surface area contributed by atoms with Crippen LogP contribution in [0, 0.1) is 0 Å². The number of fused-ring (bicyclic) bond motifs is 1. The number of methoxy groups -OCH3 is 2. The molecular formula is C17H20NO4+. The Balaban J connectivity index is 2.08. The predicted molar refractivity (Wildman–Crippen MR) is 81.7 cm³/mol. The van der Waals surface area contributed by atoms with E-state index in [4.69, 9.17) is 9.47 Å². The Kier molecular flexibility index (Phi) is 3.81. The first-order valence-corrected chi connectivity index (χ1v) is 7.22. The summed E-state index contributed by atoms with van der Waals surface area (Å²) in [4.78, 5) is 0. The number of hydrogen-bond acceptors (Lipinski definition) is 4. The lowest BCUT2D eigenvalue weighted by molar-refractivity contribution is -0.675. The number of nitrogens with two attached hydrogens (primary N) is 1. The summed E-state index contributed by atoms with van der Waals surface area (Å²) < 4.78 is 10.8. The number of phenolic OH excluding ortho intramolecular Hbond substituents is 2. The van der Waals surface area contributed by atoms with Crippen LogP contribution in [0.1, 0.15) is 22.6 Å². The fourth-order valence-electron chi connectivity index (χ4n) is 3.04. The molecular weight excluding hydrogens is 282 g/mol. The van der Waals surface area contributed by atoms with Gasteiger partial charge in [0.05, 0.1) is 26.7 Å². The van der Waals surface area contributed by atoms with Crippen LogP contribution in [0.3, 0.4) is 0 Å². The van der Waals surface area contributed by atoms with Crippen molar-refractivity contribution in [3.05, 3.63) is 47.0 Å². The summed E-state index contributed by atoms with van der Waals surface area (Å²) in [5, 5.41) is 21.5. The molecule has 2 aromatic rings. The second kappa shape index (κ2) is 5.77. The molecule has 22 heavy (non-hydrogen) atoms. The number of aromatic hydroxyl groups is 2. The maximum Gasteiger partial charge on any atom is 0.161 e. The van der Waals surface area contributed by atoms with Gasteiger partial charge in [0.1, 0.15) is 6.54 Å². The van der Waals surface area contributed by atoms with Crippen molar-refractivity contribution in [1.82, 2.24) is 0 Å². The summed E-state index contributed by atoms with van der Waals surface area (Å²) in [6.45, 7) is 1.77. The average Bonchev–Trinajstić information content (AvgIpc) is 2.55. The van der Waals surface area contributed by atoms with E-state index >= 15 is 0 Å². The van der Waals surface area contributed by atoms with Gasteiger partial charge in [-0.1, -0.05) is 6.07 Å². The Labute approximate surface area is 129 Å². The third-order valence-corrected chi connectivity index (χ3v) is 4.19. The minimum atomic E-state index is -0.101. The van der Waals surface area contributed by atoms with Crippen LogP contribution in [0.2, 0.25) is 0 Å². The van der Waals surface area contributed by atoms with E-state index in [9.17, 15) is 10.2 Å². The summed E-state index contributed by atoms with van der Waals surface area (Å²) in [6, 6.07) is 9.02. The molecule has 0 saturated heterocycles. The van der Waals surface area contributed by atoms with Crippen LogP contribution in [-0.4, -0.2) is 31.0 Å². The third-order valence-electron chi connectivity index (χ3n) is 4.19. The number of benzene rings is 2. The van der Waals surface area contributed by atoms with Crippen molar-refractivity contribution < 1.29 is 25.0 Å². The smallest absolute Gasteiger partial charge is 0.161 e. The minimum absolute atomic E-state index is 0.0925. The fourth-order valence-corrected chi connectivity index (χ4v) is 3.04. The second-order valence-corrected chi connectivity index (χ2v) is 5.44. The van der Waals surface area contributed by atoms with Crippen LogP contribution in [0.5, 0.6) is 23.0 Å². The Hall–Kier alpha value is -2.40. The van der Waals surface area contributed by atoms with Crippen molar-refractivity contribution in [3.8, 4) is 23.0 Å². The van der Waals surface area contributed by atoms with Gasteiger partial charge in [0, 0.05) is 5.56 Å². The maximum atomic E-state index is 9.76. The highest BCUT2D eigenvalue weighted by Gasteiger charge is 2.27. The molecule has 3 rings (SSSR count). The molecule has 1 aliphatic heterocycles. The van der Waals surface area contributed by atoms with Crippen molar-refractivity contribution >= 4 is 0 Å². The lowest BCUT2D eigenvalue weighted by Crippen LogP contribution is -2.85. The monoisotopic (exact) mass is 302 g/mol. The Morgan fingerprint density at radius 1 is 1.00 bits per heavy atom. The highest BCUT2D eigenvalue weighted by molar-refractivity contribution is 5.52. The molecule has 0 aromatic heterocycles. The number of phenols is 2. The Morgan fingerprint density at radius 3 is 2.41 bits per heavy atom. The van der Waals surface area contributed by atoms with E-state index in [1.165, 1.54) is 17.2 Å². The van der Waals surface area contributed by atoms with Crippen molar-refractivity contribution in [1.29, 1.82) is 0 Å². The van der Waals surface area contributed by atoms with Gasteiger partial charge in [-0.25, -0.2) is 0 Å². The molecule has 0 fully saturated rings. The SMILES string of the molecule is COc1cc2c(cc1OC)[C@H](c1ccc(O)c(O)c1)C[NH2+]C2. The molecule has 1 heterocycles. The quantitative estimate of drug-likeness (QED) is 0.748. The van der Waals surface area contributed by atoms with E-state index in [0.29, 0.717) is 5.75 Å². The first-order valence-electron chi connectivity index (χ1n) is 7.22. The van der Waals surface area contributed by atoms with Gasteiger partial charge < -0.3 is 25.0 Å². The molecule has 0 bridgehead atoms. The standard InChI is InChI=1S/C17H19NO4/c1-21-16-6-11-8-18-9-13(12(11)7-17(16)22-2)10-3-4-14(19)15(20)5-10/h3-7,13,18-20H,8-9H2,1-2H3/p+1/t13-/m0/s1. The predicted octanol–water partition coefficient (Wildman–Crippen LogP) is 1.32. The third kappa shape index (κ3) is 2.44. The van der Waals surface area contributed by atoms with Crippen LogP contribution < -0.4 is 14.8 Å². The lowest BCUT2D eigenvalue weighted by Gasteiger charge is -2.26. The molecule has 0 aliphatic carbocycles. The van der Waals surface area contributed by atoms with E-state index in [-0.39, 0.29) is 17.4 Å². The van der Waals surface area contributed by atoms with E-state index in [1.54, 1.807) is 20.3 Å². The molecule has 0 spiro atoms. The van der Waals surface area contributed by atoms with Crippen LogP contribution >= 0.6 is 0 Å². The minimum Gasteiger partial charge on any atom is -0.504 e. The van der Waals surface area contributed by atoms with Crippen molar-refractivity contribution in [3.63, 3.8) is 0 Å². The summed E-state index contributed by atoms with van der Waals surface area (Å²) in [5.74, 6) is 1.37. The highest BCUT2D eigenvalue weighted by Crippen LogP contribution is 2.38. The van der Waals surface area contributed by atoms with Gasteiger partial charge in [-0.15, -0.1) is 0 Å². The van der Waals surface area contributed by atoms with E-state index in [1.807, 2.05) is 18.2 Å². The molecule has 5 heteroatoms. The average molecular weight is 302 g/mol. The molecule has 0 amide bonds. The van der Waals surface area contributed by atoms with Gasteiger partial charge >= 0.3 is 0 Å². The van der Waals surface area contributed by atoms with Crippen LogP contribution in [0.25, 0.3) is 0 Å². The molecule has 0 radical (unpaired) electrons. The summed E-state index contributed by atoms with van der Waals surface area (Å²) >= 11 is 0. The first-order chi connectivity index (χ1) is 10.6. The number of hydrogen-bond donors (Lipinski definition) is 3. The number of quaternary nitrogens is 1. The molecule has 0 saturated carbocycles. The molecule has 116 valence electrons. The zero-order valence-electron chi connectivity index (χ0n) is 12.7. The molecule has 1 atom stereocenters. The molecule has 2 aromatic carbocycles. The zero-order valence-corrected chi connectivity index (χ0v) is 12.7. The van der Waals surface area contributed by atoms with Crippen LogP contribution in [-0.2, 0) is 6.54 Å². The van der Waals surface area contributed by atoms with Crippen LogP contribution in [0.4, 0.5) is 0 Å². The number of rotatable bonds is 3. The summed E-state index contributed by atoms with van der Waals surface area (Å²) in [7, 11) is 3.26. The first kappa shape index (κ1) is 14.5. The van der Waals surface area contributed by atoms with E-state index in [0.717, 1.165) is 24.4 Å². The largest absolute Gasteiger partial charge is 0.504 e. The Bertz CT molecular complexity index is 699. The molecule has 4 N–H and O–H groups in total. The topological polar surface area (TPSA) is 75.5 Å². The van der Waals surface area contributed by atoms with Crippen LogP contribution in [0.15, 0.2) is 30.3 Å². The van der Waals surface area contributed by atoms with Crippen molar-refractivity contribution in [2.75, 3.05) is 20.8 Å². The van der Waals surface area contributed by atoms with Crippen molar-refractivity contribution in [2.45, 2.75) is 12.5 Å².